The van der Waals surface area contributed by atoms with E-state index in [1.807, 2.05) is 24.9 Å². The van der Waals surface area contributed by atoms with E-state index in [0.717, 1.165) is 35.4 Å². The van der Waals surface area contributed by atoms with Gasteiger partial charge in [-0.05, 0) is 32.6 Å². The molecule has 3 rings (SSSR count). The lowest BCUT2D eigenvalue weighted by atomic mass is 10.1. The molecule has 0 atom stereocenters. The maximum absolute atomic E-state index is 6.35. The minimum Gasteiger partial charge on any atom is -0.272 e. The second-order valence-corrected chi connectivity index (χ2v) is 5.45. The fraction of sp³-hybridized carbons (Fsp3) is 0.500. The first-order valence-electron chi connectivity index (χ1n) is 6.71. The molecule has 0 bridgehead atoms. The summed E-state index contributed by atoms with van der Waals surface area (Å²) >= 11 is 6.35. The number of nitrogens with zero attached hydrogens (tertiary/aromatic N) is 4. The minimum absolute atomic E-state index is 0.616. The summed E-state index contributed by atoms with van der Waals surface area (Å²) in [4.78, 5) is 9.20. The quantitative estimate of drug-likeness (QED) is 0.594. The number of rotatable bonds is 1. The summed E-state index contributed by atoms with van der Waals surface area (Å²) in [6, 6.07) is 0. The molecule has 0 saturated heterocycles. The van der Waals surface area contributed by atoms with Crippen LogP contribution in [0.5, 0.6) is 0 Å². The lowest BCUT2D eigenvalue weighted by molar-refractivity contribution is 0.709. The first-order chi connectivity index (χ1) is 9.16. The predicted octanol–water partition coefficient (Wildman–Crippen LogP) is 3.11. The summed E-state index contributed by atoms with van der Waals surface area (Å²) < 4.78 is 1.83. The standard InChI is InChI=1S/C14H17ClN4/c1-9-11(8-16-19(9)2)14-17-12-7-5-3-4-6-10(12)13(15)18-14/h8H,3-7H2,1-2H3. The van der Waals surface area contributed by atoms with Crippen LogP contribution in [0, 0.1) is 6.92 Å². The lowest BCUT2D eigenvalue weighted by Gasteiger charge is -2.09. The number of aryl methyl sites for hydroxylation is 2. The van der Waals surface area contributed by atoms with E-state index in [-0.39, 0.29) is 0 Å². The SMILES string of the molecule is Cc1c(-c2nc(Cl)c3c(n2)CCCCC3)cnn1C. The molecule has 0 amide bonds. The number of hydrogen-bond donors (Lipinski definition) is 0. The smallest absolute Gasteiger partial charge is 0.164 e. The Bertz CT molecular complexity index is 618. The van der Waals surface area contributed by atoms with Gasteiger partial charge in [-0.25, -0.2) is 9.97 Å². The highest BCUT2D eigenvalue weighted by Crippen LogP contribution is 2.28. The van der Waals surface area contributed by atoms with Gasteiger partial charge in [0.1, 0.15) is 5.15 Å². The highest BCUT2D eigenvalue weighted by Gasteiger charge is 2.18. The van der Waals surface area contributed by atoms with E-state index in [1.54, 1.807) is 0 Å². The normalized spacial score (nSPS) is 15.1. The minimum atomic E-state index is 0.616. The van der Waals surface area contributed by atoms with Crippen LogP contribution in [-0.2, 0) is 19.9 Å². The van der Waals surface area contributed by atoms with Gasteiger partial charge >= 0.3 is 0 Å². The molecule has 0 fully saturated rings. The highest BCUT2D eigenvalue weighted by molar-refractivity contribution is 6.30. The largest absolute Gasteiger partial charge is 0.272 e. The molecule has 1 aliphatic rings. The molecule has 0 aromatic carbocycles. The third kappa shape index (κ3) is 2.25. The Morgan fingerprint density at radius 2 is 1.95 bits per heavy atom. The summed E-state index contributed by atoms with van der Waals surface area (Å²) in [5.74, 6) is 0.705. The number of hydrogen-bond acceptors (Lipinski definition) is 3. The number of fused-ring (bicyclic) bond motifs is 1. The van der Waals surface area contributed by atoms with Crippen molar-refractivity contribution >= 4 is 11.6 Å². The van der Waals surface area contributed by atoms with Crippen LogP contribution in [-0.4, -0.2) is 19.7 Å². The van der Waals surface area contributed by atoms with Crippen LogP contribution in [0.3, 0.4) is 0 Å². The van der Waals surface area contributed by atoms with Crippen molar-refractivity contribution in [1.82, 2.24) is 19.7 Å². The third-order valence-electron chi connectivity index (χ3n) is 3.86. The van der Waals surface area contributed by atoms with Crippen molar-refractivity contribution in [3.05, 3.63) is 28.3 Å². The van der Waals surface area contributed by atoms with Gasteiger partial charge in [0, 0.05) is 24.0 Å². The first-order valence-corrected chi connectivity index (χ1v) is 7.09. The topological polar surface area (TPSA) is 43.6 Å². The van der Waals surface area contributed by atoms with Crippen molar-refractivity contribution in [2.24, 2.45) is 7.05 Å². The summed E-state index contributed by atoms with van der Waals surface area (Å²) in [5.41, 5.74) is 4.29. The predicted molar refractivity (Wildman–Crippen MR) is 75.2 cm³/mol. The Hall–Kier alpha value is -1.42. The molecule has 1 aliphatic carbocycles. The number of aromatic nitrogens is 4. The Morgan fingerprint density at radius 1 is 1.16 bits per heavy atom. The highest BCUT2D eigenvalue weighted by atomic mass is 35.5. The Morgan fingerprint density at radius 3 is 2.68 bits per heavy atom. The molecule has 4 nitrogen and oxygen atoms in total. The molecule has 0 N–H and O–H groups in total. The van der Waals surface area contributed by atoms with Crippen molar-refractivity contribution in [2.75, 3.05) is 0 Å². The summed E-state index contributed by atoms with van der Waals surface area (Å²) in [5, 5.41) is 4.86. The van der Waals surface area contributed by atoms with Crippen molar-refractivity contribution in [3.63, 3.8) is 0 Å². The number of halogens is 1. The van der Waals surface area contributed by atoms with E-state index in [2.05, 4.69) is 10.1 Å². The average molecular weight is 277 g/mol. The van der Waals surface area contributed by atoms with E-state index < -0.39 is 0 Å². The van der Waals surface area contributed by atoms with Gasteiger partial charge in [-0.2, -0.15) is 5.10 Å². The summed E-state index contributed by atoms with van der Waals surface area (Å²) in [6.07, 6.45) is 7.43. The fourth-order valence-corrected chi connectivity index (χ4v) is 2.85. The van der Waals surface area contributed by atoms with Crippen LogP contribution in [0.15, 0.2) is 6.20 Å². The maximum atomic E-state index is 6.35. The fourth-order valence-electron chi connectivity index (χ4n) is 2.56. The van der Waals surface area contributed by atoms with Crippen LogP contribution in [0.2, 0.25) is 5.15 Å². The van der Waals surface area contributed by atoms with Crippen molar-refractivity contribution in [2.45, 2.75) is 39.0 Å². The van der Waals surface area contributed by atoms with Crippen LogP contribution < -0.4 is 0 Å². The zero-order valence-electron chi connectivity index (χ0n) is 11.3. The third-order valence-corrected chi connectivity index (χ3v) is 4.17. The van der Waals surface area contributed by atoms with Crippen LogP contribution in [0.1, 0.15) is 36.2 Å². The van der Waals surface area contributed by atoms with Gasteiger partial charge in [0.25, 0.3) is 0 Å². The lowest BCUT2D eigenvalue weighted by Crippen LogP contribution is -2.02. The molecular weight excluding hydrogens is 260 g/mol. The molecule has 100 valence electrons. The van der Waals surface area contributed by atoms with E-state index in [1.165, 1.54) is 19.3 Å². The molecule has 19 heavy (non-hydrogen) atoms. The molecule has 2 aromatic rings. The zero-order valence-corrected chi connectivity index (χ0v) is 12.0. The van der Waals surface area contributed by atoms with Gasteiger partial charge in [-0.3, -0.25) is 4.68 Å². The zero-order chi connectivity index (χ0) is 13.4. The van der Waals surface area contributed by atoms with Gasteiger partial charge in [-0.15, -0.1) is 0 Å². The molecule has 0 saturated carbocycles. The van der Waals surface area contributed by atoms with Crippen LogP contribution >= 0.6 is 11.6 Å². The molecule has 0 aliphatic heterocycles. The second kappa shape index (κ2) is 4.93. The monoisotopic (exact) mass is 276 g/mol. The van der Waals surface area contributed by atoms with Crippen LogP contribution in [0.25, 0.3) is 11.4 Å². The van der Waals surface area contributed by atoms with Gasteiger partial charge in [0.05, 0.1) is 11.8 Å². The molecule has 0 spiro atoms. The van der Waals surface area contributed by atoms with Gasteiger partial charge in [0.2, 0.25) is 0 Å². The molecular formula is C14H17ClN4. The van der Waals surface area contributed by atoms with Crippen LogP contribution in [0.4, 0.5) is 0 Å². The van der Waals surface area contributed by atoms with E-state index >= 15 is 0 Å². The first kappa shape index (κ1) is 12.6. The van der Waals surface area contributed by atoms with Crippen molar-refractivity contribution in [1.29, 1.82) is 0 Å². The van der Waals surface area contributed by atoms with E-state index in [9.17, 15) is 0 Å². The van der Waals surface area contributed by atoms with Crippen molar-refractivity contribution in [3.8, 4) is 11.4 Å². The summed E-state index contributed by atoms with van der Waals surface area (Å²) in [6.45, 7) is 2.02. The Labute approximate surface area is 117 Å². The van der Waals surface area contributed by atoms with Crippen molar-refractivity contribution < 1.29 is 0 Å². The molecule has 5 heteroatoms. The summed E-state index contributed by atoms with van der Waals surface area (Å²) in [7, 11) is 1.92. The maximum Gasteiger partial charge on any atom is 0.164 e. The van der Waals surface area contributed by atoms with Gasteiger partial charge in [-0.1, -0.05) is 18.0 Å². The molecule has 2 aromatic heterocycles. The Kier molecular flexibility index (Phi) is 3.27. The Balaban J connectivity index is 2.11. The van der Waals surface area contributed by atoms with E-state index in [0.29, 0.717) is 11.0 Å². The van der Waals surface area contributed by atoms with Gasteiger partial charge < -0.3 is 0 Å². The average Bonchev–Trinajstić information content (AvgIpc) is 2.62. The van der Waals surface area contributed by atoms with E-state index in [4.69, 9.17) is 16.6 Å². The second-order valence-electron chi connectivity index (χ2n) is 5.09. The molecule has 0 radical (unpaired) electrons. The molecule has 0 unspecified atom stereocenters. The molecule has 2 heterocycles. The van der Waals surface area contributed by atoms with Gasteiger partial charge in [0.15, 0.2) is 5.82 Å².